The van der Waals surface area contributed by atoms with E-state index in [-0.39, 0.29) is 0 Å². The van der Waals surface area contributed by atoms with Crippen LogP contribution in [-0.2, 0) is 0 Å². The van der Waals surface area contributed by atoms with E-state index in [1.54, 1.807) is 0 Å². The predicted octanol–water partition coefficient (Wildman–Crippen LogP) is 4.08. The van der Waals surface area contributed by atoms with Gasteiger partial charge in [-0.15, -0.1) is 0 Å². The van der Waals surface area contributed by atoms with Crippen LogP contribution in [0.1, 0.15) is 29.5 Å². The van der Waals surface area contributed by atoms with Gasteiger partial charge in [0.05, 0.1) is 0 Å². The van der Waals surface area contributed by atoms with E-state index in [1.165, 1.54) is 34.0 Å². The van der Waals surface area contributed by atoms with Crippen molar-refractivity contribution in [2.75, 3.05) is 13.1 Å². The van der Waals surface area contributed by atoms with Gasteiger partial charge in [0.2, 0.25) is 0 Å². The molecule has 0 atom stereocenters. The SMILES string of the molecule is Cc1cc(Br)cc(C)c1/C=C/C1CCNCC1. The highest BCUT2D eigenvalue weighted by Gasteiger charge is 2.09. The Hall–Kier alpha value is -0.600. The molecule has 1 heterocycles. The first-order valence-corrected chi connectivity index (χ1v) is 7.12. The summed E-state index contributed by atoms with van der Waals surface area (Å²) in [4.78, 5) is 0. The Labute approximate surface area is 112 Å². The molecule has 0 aromatic heterocycles. The zero-order valence-corrected chi connectivity index (χ0v) is 12.2. The van der Waals surface area contributed by atoms with Crippen molar-refractivity contribution in [3.8, 4) is 0 Å². The summed E-state index contributed by atoms with van der Waals surface area (Å²) in [7, 11) is 0. The maximum absolute atomic E-state index is 3.54. The third kappa shape index (κ3) is 3.43. The minimum atomic E-state index is 0.749. The molecule has 0 aliphatic carbocycles. The lowest BCUT2D eigenvalue weighted by Gasteiger charge is -2.19. The fraction of sp³-hybridized carbons (Fsp3) is 0.467. The average molecular weight is 294 g/mol. The molecule has 1 fully saturated rings. The summed E-state index contributed by atoms with van der Waals surface area (Å²) in [5, 5.41) is 3.40. The minimum Gasteiger partial charge on any atom is -0.317 e. The Kier molecular flexibility index (Phi) is 4.41. The molecule has 0 bridgehead atoms. The van der Waals surface area contributed by atoms with E-state index in [0.29, 0.717) is 0 Å². The molecule has 0 unspecified atom stereocenters. The van der Waals surface area contributed by atoms with Gasteiger partial charge in [0, 0.05) is 4.47 Å². The van der Waals surface area contributed by atoms with Gasteiger partial charge in [0.15, 0.2) is 0 Å². The van der Waals surface area contributed by atoms with E-state index >= 15 is 0 Å². The number of hydrogen-bond donors (Lipinski definition) is 1. The topological polar surface area (TPSA) is 12.0 Å². The highest BCUT2D eigenvalue weighted by atomic mass is 79.9. The lowest BCUT2D eigenvalue weighted by Crippen LogP contribution is -2.26. The van der Waals surface area contributed by atoms with Gasteiger partial charge < -0.3 is 5.32 Å². The van der Waals surface area contributed by atoms with Crippen molar-refractivity contribution in [2.24, 2.45) is 5.92 Å². The lowest BCUT2D eigenvalue weighted by atomic mass is 9.95. The van der Waals surface area contributed by atoms with Crippen LogP contribution in [0.15, 0.2) is 22.7 Å². The van der Waals surface area contributed by atoms with Crippen molar-refractivity contribution >= 4 is 22.0 Å². The number of rotatable bonds is 2. The third-order valence-electron chi connectivity index (χ3n) is 3.48. The van der Waals surface area contributed by atoms with Gasteiger partial charge in [-0.25, -0.2) is 0 Å². The molecule has 0 spiro atoms. The number of piperidine rings is 1. The summed E-state index contributed by atoms with van der Waals surface area (Å²) in [6, 6.07) is 4.38. The van der Waals surface area contributed by atoms with Gasteiger partial charge in [-0.1, -0.05) is 28.1 Å². The number of aryl methyl sites for hydroxylation is 2. The van der Waals surface area contributed by atoms with Crippen molar-refractivity contribution in [3.05, 3.63) is 39.4 Å². The van der Waals surface area contributed by atoms with Gasteiger partial charge in [-0.05, 0) is 74.5 Å². The molecule has 17 heavy (non-hydrogen) atoms. The molecular formula is C15H20BrN. The van der Waals surface area contributed by atoms with Gasteiger partial charge >= 0.3 is 0 Å². The molecular weight excluding hydrogens is 274 g/mol. The highest BCUT2D eigenvalue weighted by Crippen LogP contribution is 2.23. The monoisotopic (exact) mass is 293 g/mol. The van der Waals surface area contributed by atoms with Gasteiger partial charge in [0.1, 0.15) is 0 Å². The summed E-state index contributed by atoms with van der Waals surface area (Å²) in [5.74, 6) is 0.749. The van der Waals surface area contributed by atoms with Gasteiger partial charge in [-0.3, -0.25) is 0 Å². The van der Waals surface area contributed by atoms with Gasteiger partial charge in [0.25, 0.3) is 0 Å². The summed E-state index contributed by atoms with van der Waals surface area (Å²) in [6.07, 6.45) is 7.24. The van der Waals surface area contributed by atoms with Crippen molar-refractivity contribution in [3.63, 3.8) is 0 Å². The molecule has 0 saturated carbocycles. The van der Waals surface area contributed by atoms with Gasteiger partial charge in [-0.2, -0.15) is 0 Å². The first-order valence-electron chi connectivity index (χ1n) is 6.32. The first-order chi connectivity index (χ1) is 8.16. The largest absolute Gasteiger partial charge is 0.317 e. The minimum absolute atomic E-state index is 0.749. The Morgan fingerprint density at radius 2 is 1.76 bits per heavy atom. The first kappa shape index (κ1) is 12.8. The van der Waals surface area contributed by atoms with Crippen LogP contribution < -0.4 is 5.32 Å². The van der Waals surface area contributed by atoms with Crippen LogP contribution in [-0.4, -0.2) is 13.1 Å². The Morgan fingerprint density at radius 1 is 1.18 bits per heavy atom. The summed E-state index contributed by atoms with van der Waals surface area (Å²) < 4.78 is 1.17. The zero-order chi connectivity index (χ0) is 12.3. The second-order valence-corrected chi connectivity index (χ2v) is 5.82. The van der Waals surface area contributed by atoms with E-state index in [4.69, 9.17) is 0 Å². The molecule has 1 aliphatic heterocycles. The van der Waals surface area contributed by atoms with E-state index in [1.807, 2.05) is 0 Å². The highest BCUT2D eigenvalue weighted by molar-refractivity contribution is 9.10. The molecule has 1 nitrogen and oxygen atoms in total. The zero-order valence-electron chi connectivity index (χ0n) is 10.6. The smallest absolute Gasteiger partial charge is 0.0180 e. The molecule has 1 aliphatic rings. The number of hydrogen-bond acceptors (Lipinski definition) is 1. The maximum Gasteiger partial charge on any atom is 0.0180 e. The molecule has 1 saturated heterocycles. The molecule has 2 heteroatoms. The number of nitrogens with one attached hydrogen (secondary N) is 1. The van der Waals surface area contributed by atoms with Crippen LogP contribution in [0, 0.1) is 19.8 Å². The maximum atomic E-state index is 3.54. The van der Waals surface area contributed by atoms with Crippen molar-refractivity contribution < 1.29 is 0 Å². The molecule has 0 radical (unpaired) electrons. The molecule has 92 valence electrons. The predicted molar refractivity (Wildman–Crippen MR) is 78.2 cm³/mol. The molecule has 1 N–H and O–H groups in total. The number of halogens is 1. The number of allylic oxidation sites excluding steroid dienone is 1. The van der Waals surface area contributed by atoms with E-state index in [0.717, 1.165) is 19.0 Å². The van der Waals surface area contributed by atoms with E-state index in [2.05, 4.69) is 59.4 Å². The molecule has 1 aromatic rings. The fourth-order valence-corrected chi connectivity index (χ4v) is 3.14. The van der Waals surface area contributed by atoms with Crippen LogP contribution in [0.3, 0.4) is 0 Å². The van der Waals surface area contributed by atoms with Crippen molar-refractivity contribution in [2.45, 2.75) is 26.7 Å². The summed E-state index contributed by atoms with van der Waals surface area (Å²) in [6.45, 7) is 6.68. The van der Waals surface area contributed by atoms with Crippen LogP contribution in [0.25, 0.3) is 6.08 Å². The van der Waals surface area contributed by atoms with E-state index < -0.39 is 0 Å². The number of benzene rings is 1. The van der Waals surface area contributed by atoms with Crippen LogP contribution in [0.4, 0.5) is 0 Å². The summed E-state index contributed by atoms with van der Waals surface area (Å²) >= 11 is 3.54. The lowest BCUT2D eigenvalue weighted by molar-refractivity contribution is 0.438. The van der Waals surface area contributed by atoms with Crippen LogP contribution in [0.5, 0.6) is 0 Å². The van der Waals surface area contributed by atoms with Crippen LogP contribution in [0.2, 0.25) is 0 Å². The van der Waals surface area contributed by atoms with Crippen molar-refractivity contribution in [1.29, 1.82) is 0 Å². The standard InChI is InChI=1S/C15H20BrN/c1-11-9-14(16)10-12(2)15(11)4-3-13-5-7-17-8-6-13/h3-4,9-10,13,17H,5-8H2,1-2H3/b4-3+. The van der Waals surface area contributed by atoms with Crippen molar-refractivity contribution in [1.82, 2.24) is 5.32 Å². The van der Waals surface area contributed by atoms with E-state index in [9.17, 15) is 0 Å². The normalized spacial score (nSPS) is 17.8. The second kappa shape index (κ2) is 5.83. The Morgan fingerprint density at radius 3 is 2.35 bits per heavy atom. The second-order valence-electron chi connectivity index (χ2n) is 4.90. The Bertz CT molecular complexity index is 394. The summed E-state index contributed by atoms with van der Waals surface area (Å²) in [5.41, 5.74) is 4.08. The fourth-order valence-electron chi connectivity index (χ4n) is 2.45. The van der Waals surface area contributed by atoms with Crippen LogP contribution >= 0.6 is 15.9 Å². The third-order valence-corrected chi connectivity index (χ3v) is 3.94. The molecule has 1 aromatic carbocycles. The molecule has 0 amide bonds. The Balaban J connectivity index is 2.14. The average Bonchev–Trinajstić information content (AvgIpc) is 2.29. The quantitative estimate of drug-likeness (QED) is 0.866. The molecule has 2 rings (SSSR count).